The van der Waals surface area contributed by atoms with E-state index in [1.54, 1.807) is 24.3 Å². The average molecular weight is 475 g/mol. The Hall–Kier alpha value is -3.33. The smallest absolute Gasteiger partial charge is 0.325 e. The number of carbonyl (C=O) groups excluding carboxylic acids is 1. The van der Waals surface area contributed by atoms with E-state index in [-0.39, 0.29) is 16.5 Å². The third-order valence-corrected chi connectivity index (χ3v) is 7.30. The number of hydrogen-bond acceptors (Lipinski definition) is 3. The summed E-state index contributed by atoms with van der Waals surface area (Å²) in [6.45, 7) is 3.54. The summed E-state index contributed by atoms with van der Waals surface area (Å²) < 4.78 is 66.0. The number of rotatable bonds is 4. The highest BCUT2D eigenvalue weighted by Crippen LogP contribution is 2.44. The fourth-order valence-electron chi connectivity index (χ4n) is 3.75. The lowest BCUT2D eigenvalue weighted by Crippen LogP contribution is -2.40. The molecule has 0 bridgehead atoms. The standard InChI is InChI=1S/C24H21F3N2O3S/c1-15(2)16-7-12-21-20(13-16)19-5-3-4-6-22(19)33(31,32)29(21)14-23(30)28-18-10-8-17(9-11-18)24(25,26)27/h3-13,15H,14H2,1-2H3,(H,28,30). The quantitative estimate of drug-likeness (QED) is 0.532. The number of amides is 1. The van der Waals surface area contributed by atoms with Gasteiger partial charge in [-0.05, 0) is 53.9 Å². The van der Waals surface area contributed by atoms with Gasteiger partial charge in [-0.25, -0.2) is 8.42 Å². The van der Waals surface area contributed by atoms with E-state index in [9.17, 15) is 26.4 Å². The van der Waals surface area contributed by atoms with E-state index in [1.807, 2.05) is 26.0 Å². The Bertz CT molecular complexity index is 1320. The van der Waals surface area contributed by atoms with E-state index < -0.39 is 34.2 Å². The van der Waals surface area contributed by atoms with Crippen molar-refractivity contribution in [3.8, 4) is 11.1 Å². The molecule has 0 spiro atoms. The van der Waals surface area contributed by atoms with Crippen molar-refractivity contribution < 1.29 is 26.4 Å². The number of alkyl halides is 3. The first-order chi connectivity index (χ1) is 15.5. The number of anilines is 2. The van der Waals surface area contributed by atoms with Crippen LogP contribution >= 0.6 is 0 Å². The zero-order chi connectivity index (χ0) is 24.0. The summed E-state index contributed by atoms with van der Waals surface area (Å²) in [4.78, 5) is 12.8. The van der Waals surface area contributed by atoms with Gasteiger partial charge in [-0.1, -0.05) is 38.1 Å². The van der Waals surface area contributed by atoms with Gasteiger partial charge in [0.15, 0.2) is 0 Å². The largest absolute Gasteiger partial charge is 0.416 e. The van der Waals surface area contributed by atoms with Crippen LogP contribution in [0.1, 0.15) is 30.9 Å². The van der Waals surface area contributed by atoms with E-state index in [2.05, 4.69) is 5.32 Å². The molecule has 172 valence electrons. The molecular weight excluding hydrogens is 453 g/mol. The van der Waals surface area contributed by atoms with Crippen LogP contribution in [0.4, 0.5) is 24.5 Å². The second-order valence-corrected chi connectivity index (χ2v) is 9.89. The number of hydrogen-bond donors (Lipinski definition) is 1. The summed E-state index contributed by atoms with van der Waals surface area (Å²) >= 11 is 0. The minimum atomic E-state index is -4.49. The second kappa shape index (κ2) is 8.22. The fraction of sp³-hybridized carbons (Fsp3) is 0.208. The van der Waals surface area contributed by atoms with Gasteiger partial charge >= 0.3 is 6.18 Å². The summed E-state index contributed by atoms with van der Waals surface area (Å²) in [5.41, 5.74) is 1.96. The highest BCUT2D eigenvalue weighted by atomic mass is 32.2. The topological polar surface area (TPSA) is 66.5 Å². The predicted molar refractivity (Wildman–Crippen MR) is 121 cm³/mol. The van der Waals surface area contributed by atoms with E-state index in [0.717, 1.165) is 34.1 Å². The van der Waals surface area contributed by atoms with Gasteiger partial charge in [-0.2, -0.15) is 13.2 Å². The molecule has 1 N–H and O–H groups in total. The van der Waals surface area contributed by atoms with Crippen molar-refractivity contribution in [2.24, 2.45) is 0 Å². The SMILES string of the molecule is CC(C)c1ccc2c(c1)-c1ccccc1S(=O)(=O)N2CC(=O)Nc1ccc(C(F)(F)F)cc1. The summed E-state index contributed by atoms with van der Waals surface area (Å²) in [7, 11) is -4.02. The Labute approximate surface area is 189 Å². The summed E-state index contributed by atoms with van der Waals surface area (Å²) in [5, 5.41) is 2.48. The highest BCUT2D eigenvalue weighted by molar-refractivity contribution is 7.93. The normalized spacial score (nSPS) is 14.5. The van der Waals surface area contributed by atoms with Crippen molar-refractivity contribution in [1.29, 1.82) is 0 Å². The summed E-state index contributed by atoms with van der Waals surface area (Å²) in [5.74, 6) is -0.450. The van der Waals surface area contributed by atoms with Gasteiger partial charge in [0.05, 0.1) is 16.1 Å². The van der Waals surface area contributed by atoms with Crippen LogP contribution in [-0.2, 0) is 21.0 Å². The van der Waals surface area contributed by atoms with Crippen molar-refractivity contribution in [3.63, 3.8) is 0 Å². The molecule has 1 aliphatic rings. The number of nitrogens with zero attached hydrogens (tertiary/aromatic N) is 1. The molecule has 4 rings (SSSR count). The zero-order valence-electron chi connectivity index (χ0n) is 17.8. The Kier molecular flexibility index (Phi) is 5.69. The van der Waals surface area contributed by atoms with E-state index >= 15 is 0 Å². The Morgan fingerprint density at radius 1 is 0.970 bits per heavy atom. The molecule has 3 aromatic rings. The van der Waals surface area contributed by atoms with E-state index in [0.29, 0.717) is 16.8 Å². The maximum absolute atomic E-state index is 13.3. The minimum absolute atomic E-state index is 0.0979. The van der Waals surface area contributed by atoms with Crippen molar-refractivity contribution in [1.82, 2.24) is 0 Å². The van der Waals surface area contributed by atoms with Crippen LogP contribution in [0.2, 0.25) is 0 Å². The van der Waals surface area contributed by atoms with Crippen molar-refractivity contribution >= 4 is 27.3 Å². The van der Waals surface area contributed by atoms with Gasteiger partial charge in [0, 0.05) is 16.8 Å². The van der Waals surface area contributed by atoms with Crippen LogP contribution in [-0.4, -0.2) is 20.9 Å². The monoisotopic (exact) mass is 474 g/mol. The third kappa shape index (κ3) is 4.32. The number of carbonyl (C=O) groups is 1. The van der Waals surface area contributed by atoms with Crippen LogP contribution in [0, 0.1) is 0 Å². The van der Waals surface area contributed by atoms with Gasteiger partial charge in [0.1, 0.15) is 6.54 Å². The van der Waals surface area contributed by atoms with Crippen LogP contribution in [0.5, 0.6) is 0 Å². The van der Waals surface area contributed by atoms with Gasteiger partial charge < -0.3 is 5.32 Å². The molecule has 0 saturated heterocycles. The minimum Gasteiger partial charge on any atom is -0.325 e. The zero-order valence-corrected chi connectivity index (χ0v) is 18.7. The van der Waals surface area contributed by atoms with E-state index in [4.69, 9.17) is 0 Å². The molecule has 5 nitrogen and oxygen atoms in total. The molecule has 0 unspecified atom stereocenters. The molecule has 3 aromatic carbocycles. The first-order valence-corrected chi connectivity index (χ1v) is 11.7. The predicted octanol–water partition coefficient (Wildman–Crippen LogP) is 5.64. The molecule has 0 saturated carbocycles. The fourth-order valence-corrected chi connectivity index (χ4v) is 5.40. The maximum Gasteiger partial charge on any atom is 0.416 e. The first kappa shape index (κ1) is 22.8. The summed E-state index contributed by atoms with van der Waals surface area (Å²) in [6.07, 6.45) is -4.49. The van der Waals surface area contributed by atoms with Crippen LogP contribution in [0.3, 0.4) is 0 Å². The number of fused-ring (bicyclic) bond motifs is 3. The summed E-state index contributed by atoms with van der Waals surface area (Å²) in [6, 6.07) is 16.0. The van der Waals surface area contributed by atoms with Gasteiger partial charge in [0.2, 0.25) is 5.91 Å². The molecule has 0 fully saturated rings. The lowest BCUT2D eigenvalue weighted by atomic mass is 9.95. The van der Waals surface area contributed by atoms with E-state index in [1.165, 1.54) is 6.07 Å². The number of benzene rings is 3. The molecule has 0 radical (unpaired) electrons. The highest BCUT2D eigenvalue weighted by Gasteiger charge is 2.36. The first-order valence-electron chi connectivity index (χ1n) is 10.2. The number of sulfonamides is 1. The molecular formula is C24H21F3N2O3S. The molecule has 9 heteroatoms. The van der Waals surface area contributed by atoms with Gasteiger partial charge in [0.25, 0.3) is 10.0 Å². The lowest BCUT2D eigenvalue weighted by molar-refractivity contribution is -0.137. The van der Waals surface area contributed by atoms with Crippen molar-refractivity contribution in [3.05, 3.63) is 77.9 Å². The van der Waals surface area contributed by atoms with Crippen molar-refractivity contribution in [2.45, 2.75) is 30.8 Å². The third-order valence-electron chi connectivity index (χ3n) is 5.48. The molecule has 33 heavy (non-hydrogen) atoms. The number of halogens is 3. The molecule has 1 amide bonds. The second-order valence-electron chi connectivity index (χ2n) is 8.06. The van der Waals surface area contributed by atoms with Crippen molar-refractivity contribution in [2.75, 3.05) is 16.2 Å². The molecule has 0 atom stereocenters. The molecule has 1 aliphatic heterocycles. The Morgan fingerprint density at radius 2 is 1.64 bits per heavy atom. The van der Waals surface area contributed by atoms with Gasteiger partial charge in [-0.15, -0.1) is 0 Å². The molecule has 0 aliphatic carbocycles. The Balaban J connectivity index is 1.67. The number of nitrogens with one attached hydrogen (secondary N) is 1. The van der Waals surface area contributed by atoms with Crippen LogP contribution < -0.4 is 9.62 Å². The average Bonchev–Trinajstić information content (AvgIpc) is 2.76. The molecule has 0 aromatic heterocycles. The van der Waals surface area contributed by atoms with Crippen LogP contribution in [0.15, 0.2) is 71.6 Å². The Morgan fingerprint density at radius 3 is 2.27 bits per heavy atom. The lowest BCUT2D eigenvalue weighted by Gasteiger charge is -2.32. The van der Waals surface area contributed by atoms with Crippen LogP contribution in [0.25, 0.3) is 11.1 Å². The van der Waals surface area contributed by atoms with Gasteiger partial charge in [-0.3, -0.25) is 9.10 Å². The maximum atomic E-state index is 13.3. The molecule has 1 heterocycles.